The molecule has 3 heteroatoms. The maximum absolute atomic E-state index is 9.55. The minimum absolute atomic E-state index is 0.660. The topological polar surface area (TPSA) is 55.5 Å². The maximum atomic E-state index is 9.55. The molecule has 0 fully saturated rings. The van der Waals surface area contributed by atoms with Crippen LogP contribution in [0.25, 0.3) is 0 Å². The van der Waals surface area contributed by atoms with Crippen molar-refractivity contribution in [3.63, 3.8) is 0 Å². The molecule has 0 aromatic heterocycles. The number of aliphatic hydroxyl groups is 1. The predicted molar refractivity (Wildman–Crippen MR) is 61.6 cm³/mol. The third-order valence-corrected chi connectivity index (χ3v) is 2.21. The van der Waals surface area contributed by atoms with Crippen LogP contribution in [0.3, 0.4) is 0 Å². The van der Waals surface area contributed by atoms with Crippen molar-refractivity contribution < 1.29 is 9.84 Å². The number of aliphatic hydroxyl groups excluding tert-OH is 1. The molecule has 3 nitrogen and oxygen atoms in total. The molecule has 0 saturated heterocycles. The molecule has 3 N–H and O–H groups in total. The molecule has 1 rings (SSSR count). The van der Waals surface area contributed by atoms with Gasteiger partial charge in [0.05, 0.1) is 0 Å². The fourth-order valence-electron chi connectivity index (χ4n) is 1.33. The Morgan fingerprint density at radius 3 is 2.53 bits per heavy atom. The van der Waals surface area contributed by atoms with E-state index in [-0.39, 0.29) is 0 Å². The quantitative estimate of drug-likeness (QED) is 0.430. The first-order valence-corrected chi connectivity index (χ1v) is 5.42. The molecule has 0 aliphatic rings. The van der Waals surface area contributed by atoms with Crippen molar-refractivity contribution in [2.75, 3.05) is 5.73 Å². The molecule has 0 amide bonds. The zero-order valence-electron chi connectivity index (χ0n) is 9.15. The zero-order valence-corrected chi connectivity index (χ0v) is 9.15. The van der Waals surface area contributed by atoms with Crippen LogP contribution in [0.4, 0.5) is 5.69 Å². The van der Waals surface area contributed by atoms with Gasteiger partial charge in [-0.3, -0.25) is 0 Å². The summed E-state index contributed by atoms with van der Waals surface area (Å²) >= 11 is 0. The van der Waals surface area contributed by atoms with E-state index in [9.17, 15) is 5.11 Å². The van der Waals surface area contributed by atoms with E-state index in [1.165, 1.54) is 0 Å². The Morgan fingerprint density at radius 2 is 1.93 bits per heavy atom. The van der Waals surface area contributed by atoms with E-state index in [0.717, 1.165) is 19.3 Å². The van der Waals surface area contributed by atoms with E-state index in [4.69, 9.17) is 10.5 Å². The van der Waals surface area contributed by atoms with Gasteiger partial charge in [0.2, 0.25) is 0 Å². The normalized spacial score (nSPS) is 12.4. The number of unbranched alkanes of at least 4 members (excludes halogenated alkanes) is 2. The summed E-state index contributed by atoms with van der Waals surface area (Å²) in [5.74, 6) is 0.660. The summed E-state index contributed by atoms with van der Waals surface area (Å²) in [4.78, 5) is 0. The van der Waals surface area contributed by atoms with Gasteiger partial charge in [-0.05, 0) is 30.7 Å². The summed E-state index contributed by atoms with van der Waals surface area (Å²) in [6, 6.07) is 7.04. The van der Waals surface area contributed by atoms with Gasteiger partial charge in [-0.15, -0.1) is 0 Å². The second-order valence-corrected chi connectivity index (χ2v) is 3.64. The molecule has 1 aromatic rings. The van der Waals surface area contributed by atoms with Gasteiger partial charge in [-0.2, -0.15) is 0 Å². The highest BCUT2D eigenvalue weighted by atomic mass is 16.6. The molecular formula is C12H19NO2. The van der Waals surface area contributed by atoms with Gasteiger partial charge < -0.3 is 15.6 Å². The van der Waals surface area contributed by atoms with Gasteiger partial charge in [0, 0.05) is 12.1 Å². The third kappa shape index (κ3) is 4.70. The molecule has 84 valence electrons. The Morgan fingerprint density at radius 1 is 1.27 bits per heavy atom. The Bertz CT molecular complexity index is 271. The molecule has 0 aliphatic carbocycles. The van der Waals surface area contributed by atoms with Crippen molar-refractivity contribution in [1.29, 1.82) is 0 Å². The number of anilines is 1. The molecule has 0 heterocycles. The standard InChI is InChI=1S/C12H19NO2/c1-2-3-4-5-12(14)15-11-8-6-10(13)7-9-11/h6-9,12,14H,2-5,13H2,1H3. The average Bonchev–Trinajstić information content (AvgIpc) is 2.22. The molecule has 0 radical (unpaired) electrons. The van der Waals surface area contributed by atoms with Gasteiger partial charge in [0.15, 0.2) is 6.29 Å². The molecule has 0 bridgehead atoms. The molecule has 0 aliphatic heterocycles. The lowest BCUT2D eigenvalue weighted by molar-refractivity contribution is -0.0245. The van der Waals surface area contributed by atoms with Crippen molar-refractivity contribution in [3.8, 4) is 5.75 Å². The molecule has 1 atom stereocenters. The smallest absolute Gasteiger partial charge is 0.197 e. The van der Waals surface area contributed by atoms with Crippen LogP contribution in [0.2, 0.25) is 0 Å². The van der Waals surface area contributed by atoms with E-state index < -0.39 is 6.29 Å². The number of rotatable bonds is 6. The Kier molecular flexibility index (Phi) is 4.98. The summed E-state index contributed by atoms with van der Waals surface area (Å²) in [7, 11) is 0. The Hall–Kier alpha value is -1.22. The molecule has 1 unspecified atom stereocenters. The summed E-state index contributed by atoms with van der Waals surface area (Å²) in [5.41, 5.74) is 6.23. The van der Waals surface area contributed by atoms with Gasteiger partial charge in [0.25, 0.3) is 0 Å². The van der Waals surface area contributed by atoms with E-state index in [0.29, 0.717) is 17.9 Å². The SMILES string of the molecule is CCCCCC(O)Oc1ccc(N)cc1. The van der Waals surface area contributed by atoms with Crippen LogP contribution in [0, 0.1) is 0 Å². The van der Waals surface area contributed by atoms with E-state index >= 15 is 0 Å². The van der Waals surface area contributed by atoms with Crippen LogP contribution >= 0.6 is 0 Å². The third-order valence-electron chi connectivity index (χ3n) is 2.21. The minimum atomic E-state index is -0.708. The number of benzene rings is 1. The average molecular weight is 209 g/mol. The second kappa shape index (κ2) is 6.30. The van der Waals surface area contributed by atoms with Gasteiger partial charge in [-0.25, -0.2) is 0 Å². The van der Waals surface area contributed by atoms with E-state index in [2.05, 4.69) is 6.92 Å². The first kappa shape index (κ1) is 11.9. The van der Waals surface area contributed by atoms with Crippen molar-refractivity contribution in [3.05, 3.63) is 24.3 Å². The van der Waals surface area contributed by atoms with Crippen LogP contribution in [0.15, 0.2) is 24.3 Å². The Balaban J connectivity index is 2.31. The lowest BCUT2D eigenvalue weighted by Gasteiger charge is -2.13. The summed E-state index contributed by atoms with van der Waals surface area (Å²) in [6.07, 6.45) is 3.24. The first-order valence-electron chi connectivity index (χ1n) is 5.42. The largest absolute Gasteiger partial charge is 0.465 e. The molecular weight excluding hydrogens is 190 g/mol. The summed E-state index contributed by atoms with van der Waals surface area (Å²) in [5, 5.41) is 9.55. The fraction of sp³-hybridized carbons (Fsp3) is 0.500. The van der Waals surface area contributed by atoms with Crippen molar-refractivity contribution in [1.82, 2.24) is 0 Å². The summed E-state index contributed by atoms with van der Waals surface area (Å²) < 4.78 is 5.32. The zero-order chi connectivity index (χ0) is 11.1. The van der Waals surface area contributed by atoms with E-state index in [1.807, 2.05) is 0 Å². The Labute approximate surface area is 90.9 Å². The lowest BCUT2D eigenvalue weighted by atomic mass is 10.2. The van der Waals surface area contributed by atoms with Crippen LogP contribution in [-0.4, -0.2) is 11.4 Å². The van der Waals surface area contributed by atoms with Crippen LogP contribution in [-0.2, 0) is 0 Å². The van der Waals surface area contributed by atoms with Gasteiger partial charge >= 0.3 is 0 Å². The van der Waals surface area contributed by atoms with Crippen molar-refractivity contribution in [2.24, 2.45) is 0 Å². The first-order chi connectivity index (χ1) is 7.22. The van der Waals surface area contributed by atoms with E-state index in [1.54, 1.807) is 24.3 Å². The fourth-order valence-corrected chi connectivity index (χ4v) is 1.33. The number of hydrogen-bond acceptors (Lipinski definition) is 3. The highest BCUT2D eigenvalue weighted by Gasteiger charge is 2.04. The number of hydrogen-bond donors (Lipinski definition) is 2. The van der Waals surface area contributed by atoms with Crippen LogP contribution in [0.1, 0.15) is 32.6 Å². The highest BCUT2D eigenvalue weighted by molar-refractivity contribution is 5.41. The van der Waals surface area contributed by atoms with Crippen LogP contribution < -0.4 is 10.5 Å². The van der Waals surface area contributed by atoms with Gasteiger partial charge in [0.1, 0.15) is 5.75 Å². The number of nitrogen functional groups attached to an aromatic ring is 1. The lowest BCUT2D eigenvalue weighted by Crippen LogP contribution is -2.15. The second-order valence-electron chi connectivity index (χ2n) is 3.64. The summed E-state index contributed by atoms with van der Waals surface area (Å²) in [6.45, 7) is 2.13. The van der Waals surface area contributed by atoms with Crippen LogP contribution in [0.5, 0.6) is 5.75 Å². The van der Waals surface area contributed by atoms with Crippen molar-refractivity contribution in [2.45, 2.75) is 38.9 Å². The molecule has 0 spiro atoms. The predicted octanol–water partition coefficient (Wildman–Crippen LogP) is 2.55. The molecule has 1 aromatic carbocycles. The molecule has 0 saturated carbocycles. The highest BCUT2D eigenvalue weighted by Crippen LogP contribution is 2.15. The monoisotopic (exact) mass is 209 g/mol. The van der Waals surface area contributed by atoms with Crippen molar-refractivity contribution >= 4 is 5.69 Å². The number of ether oxygens (including phenoxy) is 1. The minimum Gasteiger partial charge on any atom is -0.465 e. The molecule has 15 heavy (non-hydrogen) atoms. The number of nitrogens with two attached hydrogens (primary N) is 1. The van der Waals surface area contributed by atoms with Gasteiger partial charge in [-0.1, -0.05) is 19.8 Å². The maximum Gasteiger partial charge on any atom is 0.197 e.